The van der Waals surface area contributed by atoms with E-state index in [1.54, 1.807) is 0 Å². The Bertz CT molecular complexity index is 419. The third-order valence-corrected chi connectivity index (χ3v) is 2.63. The van der Waals surface area contributed by atoms with E-state index in [1.165, 1.54) is 18.4 Å². The molecule has 3 heteroatoms. The quantitative estimate of drug-likeness (QED) is 0.806. The molecule has 0 aliphatic carbocycles. The molecule has 1 heterocycles. The van der Waals surface area contributed by atoms with E-state index in [0.717, 1.165) is 11.0 Å². The van der Waals surface area contributed by atoms with Crippen LogP contribution < -0.4 is 0 Å². The Labute approximate surface area is 83.5 Å². The number of fused-ring (bicyclic) bond motifs is 1. The van der Waals surface area contributed by atoms with Crippen LogP contribution in [-0.2, 0) is 0 Å². The van der Waals surface area contributed by atoms with Crippen LogP contribution in [-0.4, -0.2) is 15.4 Å². The van der Waals surface area contributed by atoms with Crippen LogP contribution in [0.1, 0.15) is 38.2 Å². The summed E-state index contributed by atoms with van der Waals surface area (Å²) in [6.07, 6.45) is 2.40. The van der Waals surface area contributed by atoms with E-state index >= 15 is 0 Å². The van der Waals surface area contributed by atoms with Crippen molar-refractivity contribution in [2.75, 3.05) is 0 Å². The van der Waals surface area contributed by atoms with Gasteiger partial charge in [-0.15, -0.1) is 0 Å². The summed E-state index contributed by atoms with van der Waals surface area (Å²) in [5.41, 5.74) is 3.29. The second-order valence-corrected chi connectivity index (χ2v) is 3.73. The molecule has 2 aromatic rings. The van der Waals surface area contributed by atoms with Crippen molar-refractivity contribution >= 4 is 11.0 Å². The van der Waals surface area contributed by atoms with Crippen LogP contribution >= 0.6 is 0 Å². The average molecular weight is 189 g/mol. The molecule has 14 heavy (non-hydrogen) atoms. The monoisotopic (exact) mass is 189 g/mol. The second-order valence-electron chi connectivity index (χ2n) is 3.73. The molecule has 1 aromatic heterocycles. The topological polar surface area (TPSA) is 41.6 Å². The number of aromatic amines is 1. The predicted octanol–water partition coefficient (Wildman–Crippen LogP) is 2.86. The van der Waals surface area contributed by atoms with E-state index in [2.05, 4.69) is 35.3 Å². The lowest BCUT2D eigenvalue weighted by molar-refractivity contribution is 0.668. The highest BCUT2D eigenvalue weighted by molar-refractivity contribution is 5.77. The summed E-state index contributed by atoms with van der Waals surface area (Å²) in [4.78, 5) is 0. The Kier molecular flexibility index (Phi) is 2.48. The van der Waals surface area contributed by atoms with E-state index in [9.17, 15) is 0 Å². The molecular weight excluding hydrogens is 174 g/mol. The van der Waals surface area contributed by atoms with Gasteiger partial charge in [-0.3, -0.25) is 0 Å². The van der Waals surface area contributed by atoms with Crippen molar-refractivity contribution in [3.63, 3.8) is 0 Å². The Balaban J connectivity index is 2.45. The molecule has 0 saturated heterocycles. The van der Waals surface area contributed by atoms with Crippen LogP contribution in [0.25, 0.3) is 11.0 Å². The molecule has 0 bridgehead atoms. The van der Waals surface area contributed by atoms with Crippen molar-refractivity contribution in [1.29, 1.82) is 0 Å². The van der Waals surface area contributed by atoms with Gasteiger partial charge in [-0.2, -0.15) is 15.4 Å². The molecule has 1 unspecified atom stereocenters. The van der Waals surface area contributed by atoms with Gasteiger partial charge in [0.15, 0.2) is 0 Å². The van der Waals surface area contributed by atoms with Gasteiger partial charge >= 0.3 is 0 Å². The van der Waals surface area contributed by atoms with Gasteiger partial charge in [-0.25, -0.2) is 0 Å². The molecule has 3 nitrogen and oxygen atoms in total. The number of nitrogens with one attached hydrogen (secondary N) is 1. The fraction of sp³-hybridized carbons (Fsp3) is 0.455. The maximum Gasteiger partial charge on any atom is 0.116 e. The molecule has 74 valence electrons. The van der Waals surface area contributed by atoms with E-state index < -0.39 is 0 Å². The number of hydrogen-bond acceptors (Lipinski definition) is 2. The van der Waals surface area contributed by atoms with Crippen LogP contribution in [0.15, 0.2) is 18.2 Å². The first-order valence-electron chi connectivity index (χ1n) is 5.12. The summed E-state index contributed by atoms with van der Waals surface area (Å²) in [7, 11) is 0. The lowest BCUT2D eigenvalue weighted by Crippen LogP contribution is -1.94. The molecular formula is C11H15N3. The zero-order valence-corrected chi connectivity index (χ0v) is 8.62. The van der Waals surface area contributed by atoms with Gasteiger partial charge in [-0.05, 0) is 24.0 Å². The molecule has 0 saturated carbocycles. The van der Waals surface area contributed by atoms with Gasteiger partial charge in [0.05, 0.1) is 0 Å². The number of para-hydroxylation sites is 1. The molecule has 0 radical (unpaired) electrons. The van der Waals surface area contributed by atoms with Crippen molar-refractivity contribution in [3.8, 4) is 0 Å². The summed E-state index contributed by atoms with van der Waals surface area (Å²) >= 11 is 0. The van der Waals surface area contributed by atoms with Gasteiger partial charge in [0, 0.05) is 0 Å². The van der Waals surface area contributed by atoms with E-state index in [-0.39, 0.29) is 0 Å². The van der Waals surface area contributed by atoms with E-state index in [4.69, 9.17) is 0 Å². The fourth-order valence-electron chi connectivity index (χ4n) is 1.88. The highest BCUT2D eigenvalue weighted by Gasteiger charge is 2.10. The fourth-order valence-corrected chi connectivity index (χ4v) is 1.88. The molecule has 0 fully saturated rings. The van der Waals surface area contributed by atoms with E-state index in [1.807, 2.05) is 12.1 Å². The van der Waals surface area contributed by atoms with Crippen molar-refractivity contribution in [2.24, 2.45) is 0 Å². The zero-order valence-electron chi connectivity index (χ0n) is 8.62. The van der Waals surface area contributed by atoms with Crippen LogP contribution in [0.5, 0.6) is 0 Å². The molecule has 0 spiro atoms. The Morgan fingerprint density at radius 1 is 1.36 bits per heavy atom. The minimum atomic E-state index is 0.564. The largest absolute Gasteiger partial charge is 0.197 e. The van der Waals surface area contributed by atoms with Gasteiger partial charge in [-0.1, -0.05) is 32.4 Å². The normalized spacial score (nSPS) is 13.3. The molecule has 2 rings (SSSR count). The van der Waals surface area contributed by atoms with E-state index in [0.29, 0.717) is 5.92 Å². The molecule has 1 aromatic carbocycles. The number of hydrogen-bond donors (Lipinski definition) is 1. The first-order valence-corrected chi connectivity index (χ1v) is 5.12. The smallest absolute Gasteiger partial charge is 0.116 e. The molecule has 1 atom stereocenters. The first-order chi connectivity index (χ1) is 6.83. The predicted molar refractivity (Wildman–Crippen MR) is 57.2 cm³/mol. The Morgan fingerprint density at radius 3 is 3.00 bits per heavy atom. The highest BCUT2D eigenvalue weighted by atomic mass is 15.3. The third-order valence-electron chi connectivity index (χ3n) is 2.63. The van der Waals surface area contributed by atoms with Gasteiger partial charge < -0.3 is 0 Å². The number of aromatic nitrogens is 3. The van der Waals surface area contributed by atoms with Crippen molar-refractivity contribution in [2.45, 2.75) is 32.6 Å². The molecule has 0 amide bonds. The zero-order chi connectivity index (χ0) is 9.97. The van der Waals surface area contributed by atoms with Crippen LogP contribution in [0.2, 0.25) is 0 Å². The number of benzene rings is 1. The summed E-state index contributed by atoms with van der Waals surface area (Å²) in [6.45, 7) is 4.45. The van der Waals surface area contributed by atoms with Gasteiger partial charge in [0.2, 0.25) is 0 Å². The van der Waals surface area contributed by atoms with Crippen LogP contribution in [0, 0.1) is 0 Å². The summed E-state index contributed by atoms with van der Waals surface area (Å²) in [5, 5.41) is 10.9. The van der Waals surface area contributed by atoms with Crippen LogP contribution in [0.3, 0.4) is 0 Å². The third kappa shape index (κ3) is 1.50. The summed E-state index contributed by atoms with van der Waals surface area (Å²) in [6, 6.07) is 6.18. The first kappa shape index (κ1) is 9.19. The summed E-state index contributed by atoms with van der Waals surface area (Å²) in [5.74, 6) is 0.564. The second kappa shape index (κ2) is 3.78. The summed E-state index contributed by atoms with van der Waals surface area (Å²) < 4.78 is 0. The molecule has 1 N–H and O–H groups in total. The molecule has 0 aliphatic rings. The number of rotatable bonds is 3. The van der Waals surface area contributed by atoms with Gasteiger partial charge in [0.1, 0.15) is 11.0 Å². The Hall–Kier alpha value is -1.38. The standard InChI is InChI=1S/C11H15N3/c1-3-5-8(2)9-6-4-7-10-11(9)13-14-12-10/h4,6-8H,3,5H2,1-2H3,(H,12,13,14). The number of nitrogens with zero attached hydrogens (tertiary/aromatic N) is 2. The maximum atomic E-state index is 4.19. The Morgan fingerprint density at radius 2 is 2.21 bits per heavy atom. The van der Waals surface area contributed by atoms with Crippen molar-refractivity contribution < 1.29 is 0 Å². The lowest BCUT2D eigenvalue weighted by Gasteiger charge is -2.09. The van der Waals surface area contributed by atoms with Gasteiger partial charge in [0.25, 0.3) is 0 Å². The minimum absolute atomic E-state index is 0.564. The SMILES string of the molecule is CCCC(C)c1cccc2n[nH]nc12. The van der Waals surface area contributed by atoms with Crippen molar-refractivity contribution in [1.82, 2.24) is 15.4 Å². The minimum Gasteiger partial charge on any atom is -0.197 e. The average Bonchev–Trinajstić information content (AvgIpc) is 2.65. The maximum absolute atomic E-state index is 4.19. The lowest BCUT2D eigenvalue weighted by atomic mass is 9.95. The molecule has 0 aliphatic heterocycles. The number of H-pyrrole nitrogens is 1. The highest BCUT2D eigenvalue weighted by Crippen LogP contribution is 2.25. The van der Waals surface area contributed by atoms with Crippen LogP contribution in [0.4, 0.5) is 0 Å². The van der Waals surface area contributed by atoms with Crippen molar-refractivity contribution in [3.05, 3.63) is 23.8 Å².